The van der Waals surface area contributed by atoms with Crippen molar-refractivity contribution >= 4 is 52.3 Å². The predicted octanol–water partition coefficient (Wildman–Crippen LogP) is 5.09. The molecule has 4 saturated heterocycles. The molecule has 59 heavy (non-hydrogen) atoms. The number of nitrogens with one attached hydrogen (secondary N) is 2. The molecule has 14 nitrogen and oxygen atoms in total. The Bertz CT molecular complexity index is 2120. The lowest BCUT2D eigenvalue weighted by molar-refractivity contribution is -0.138. The van der Waals surface area contributed by atoms with Gasteiger partial charge in [-0.1, -0.05) is 6.07 Å². The Balaban J connectivity index is 0.737. The zero-order chi connectivity index (χ0) is 41.3. The molecule has 17 heteroatoms. The van der Waals surface area contributed by atoms with Crippen LogP contribution in [0.3, 0.4) is 0 Å². The summed E-state index contributed by atoms with van der Waals surface area (Å²) in [6.45, 7) is 14.6. The first-order chi connectivity index (χ1) is 28.4. The number of piperidine rings is 3. The number of imide groups is 1. The normalized spacial score (nSPS) is 21.1. The van der Waals surface area contributed by atoms with Gasteiger partial charge in [-0.2, -0.15) is 13.2 Å². The topological polar surface area (TPSA) is 139 Å². The van der Waals surface area contributed by atoms with Crippen LogP contribution in [0, 0.1) is 18.4 Å². The van der Waals surface area contributed by atoms with Crippen molar-refractivity contribution in [1.29, 1.82) is 0 Å². The van der Waals surface area contributed by atoms with Crippen LogP contribution < -0.4 is 25.3 Å². The highest BCUT2D eigenvalue weighted by Crippen LogP contribution is 2.39. The van der Waals surface area contributed by atoms with Gasteiger partial charge in [-0.25, -0.2) is 14.8 Å². The molecular weight excluding hydrogens is 766 g/mol. The maximum Gasteiger partial charge on any atom is 0.407 e. The summed E-state index contributed by atoms with van der Waals surface area (Å²) >= 11 is 0. The lowest BCUT2D eigenvalue weighted by Crippen LogP contribution is -2.52. The molecule has 7 heterocycles. The van der Waals surface area contributed by atoms with Crippen LogP contribution in [-0.4, -0.2) is 108 Å². The van der Waals surface area contributed by atoms with Crippen molar-refractivity contribution in [3.63, 3.8) is 0 Å². The second kappa shape index (κ2) is 16.8. The molecule has 1 unspecified atom stereocenters. The molecule has 2 aromatic heterocycles. The lowest BCUT2D eigenvalue weighted by Gasteiger charge is -2.37. The van der Waals surface area contributed by atoms with E-state index in [0.29, 0.717) is 61.0 Å². The second-order valence-corrected chi connectivity index (χ2v) is 16.1. The van der Waals surface area contributed by atoms with Crippen LogP contribution in [-0.2, 0) is 27.1 Å². The van der Waals surface area contributed by atoms with Gasteiger partial charge >= 0.3 is 6.18 Å². The average Bonchev–Trinajstić information content (AvgIpc) is 3.57. The Morgan fingerprint density at radius 3 is 2.25 bits per heavy atom. The number of piperazine rings is 1. The maximum atomic E-state index is 13.5. The van der Waals surface area contributed by atoms with E-state index in [1.807, 2.05) is 29.2 Å². The molecule has 1 atom stereocenters. The summed E-state index contributed by atoms with van der Waals surface area (Å²) in [4.78, 5) is 73.0. The smallest absolute Gasteiger partial charge is 0.372 e. The fraction of sp³-hybridized carbons (Fsp3) is 0.500. The number of pyridine rings is 2. The summed E-state index contributed by atoms with van der Waals surface area (Å²) < 4.78 is 40.4. The van der Waals surface area contributed by atoms with Gasteiger partial charge in [-0.15, -0.1) is 0 Å². The van der Waals surface area contributed by atoms with Crippen LogP contribution in [0.4, 0.5) is 41.9 Å². The van der Waals surface area contributed by atoms with Crippen molar-refractivity contribution in [1.82, 2.24) is 25.1 Å². The number of anilines is 4. The van der Waals surface area contributed by atoms with E-state index < -0.39 is 29.4 Å². The van der Waals surface area contributed by atoms with Gasteiger partial charge in [-0.3, -0.25) is 29.4 Å². The number of hydrogen-bond acceptors (Lipinski definition) is 10. The van der Waals surface area contributed by atoms with E-state index in [2.05, 4.69) is 35.2 Å². The first kappa shape index (κ1) is 40.0. The number of benzene rings is 1. The van der Waals surface area contributed by atoms with E-state index in [9.17, 15) is 32.3 Å². The number of nitrogens with zero attached hydrogens (tertiary/aromatic N) is 8. The lowest BCUT2D eigenvalue weighted by atomic mass is 9.93. The molecule has 2 N–H and O–H groups in total. The van der Waals surface area contributed by atoms with Crippen LogP contribution in [0.5, 0.6) is 0 Å². The van der Waals surface area contributed by atoms with Gasteiger partial charge in [0, 0.05) is 70.4 Å². The van der Waals surface area contributed by atoms with Gasteiger partial charge in [-0.05, 0) is 87.4 Å². The third kappa shape index (κ3) is 8.82. The number of fused-ring (bicyclic) bond motifs is 1. The molecule has 4 amide bonds. The van der Waals surface area contributed by atoms with Crippen molar-refractivity contribution < 1.29 is 32.3 Å². The number of alkyl halides is 3. The van der Waals surface area contributed by atoms with E-state index in [1.165, 1.54) is 17.0 Å². The van der Waals surface area contributed by atoms with Crippen LogP contribution in [0.2, 0.25) is 0 Å². The third-order valence-electron chi connectivity index (χ3n) is 12.5. The van der Waals surface area contributed by atoms with Crippen molar-refractivity contribution in [3.05, 3.63) is 76.9 Å². The molecule has 4 fully saturated rings. The molecule has 0 spiro atoms. The summed E-state index contributed by atoms with van der Waals surface area (Å²) in [5.41, 5.74) is 1.25. The van der Waals surface area contributed by atoms with E-state index in [0.717, 1.165) is 82.6 Å². The van der Waals surface area contributed by atoms with Crippen LogP contribution in [0.25, 0.3) is 4.85 Å². The molecule has 0 saturated carbocycles. The van der Waals surface area contributed by atoms with Crippen LogP contribution >= 0.6 is 0 Å². The van der Waals surface area contributed by atoms with Gasteiger partial charge in [0.05, 0.1) is 41.8 Å². The van der Waals surface area contributed by atoms with Crippen molar-refractivity contribution in [2.45, 2.75) is 63.7 Å². The number of rotatable bonds is 9. The summed E-state index contributed by atoms with van der Waals surface area (Å²) in [5, 5.41) is 5.26. The standard InChI is InChI=1S/C42H47F3N10O4/c1-46-33-5-2-29(24-32(33)42(43,44)45)52-18-13-28(14-19-52)39(57)49-36-7-3-30(25-47-36)53-16-11-27(12-17-53)10-15-51-20-22-54(23-21-51)37-8-4-31-34(48-37)26-55(41(31)59)35-6-9-38(56)50-40(35)58/h2-5,7-8,24-25,27-28,35H,6,9-23,26H2,(H,47,49,57)(H,50,56,58). The molecule has 0 radical (unpaired) electrons. The Kier molecular flexibility index (Phi) is 11.4. The van der Waals surface area contributed by atoms with Crippen molar-refractivity contribution in [3.8, 4) is 0 Å². The molecule has 310 valence electrons. The predicted molar refractivity (Wildman–Crippen MR) is 214 cm³/mol. The monoisotopic (exact) mass is 812 g/mol. The fourth-order valence-electron chi connectivity index (χ4n) is 8.97. The Hall–Kier alpha value is -5.76. The maximum absolute atomic E-state index is 13.5. The van der Waals surface area contributed by atoms with E-state index in [1.54, 1.807) is 6.20 Å². The Morgan fingerprint density at radius 2 is 1.58 bits per heavy atom. The molecular formula is C42H47F3N10O4. The first-order valence-electron chi connectivity index (χ1n) is 20.4. The highest BCUT2D eigenvalue weighted by atomic mass is 19.4. The van der Waals surface area contributed by atoms with Crippen molar-refractivity contribution in [2.24, 2.45) is 11.8 Å². The molecule has 1 aromatic carbocycles. The third-order valence-corrected chi connectivity index (χ3v) is 12.5. The second-order valence-electron chi connectivity index (χ2n) is 16.1. The molecule has 0 aliphatic carbocycles. The quantitative estimate of drug-likeness (QED) is 0.222. The number of hydrogen-bond donors (Lipinski definition) is 2. The summed E-state index contributed by atoms with van der Waals surface area (Å²) in [6.07, 6.45) is 2.03. The SMILES string of the molecule is [C-]#[N+]c1ccc(N2CCC(C(=O)Nc3ccc(N4CCC(CCN5CCN(c6ccc7c(n6)CN(C6CCC(=O)NC6=O)C7=O)CC5)CC4)cn3)CC2)cc1C(F)(F)F. The highest BCUT2D eigenvalue weighted by Gasteiger charge is 2.40. The molecule has 0 bridgehead atoms. The number of halogens is 3. The largest absolute Gasteiger partial charge is 0.407 e. The summed E-state index contributed by atoms with van der Waals surface area (Å²) in [7, 11) is 0. The molecule has 5 aliphatic heterocycles. The van der Waals surface area contributed by atoms with E-state index in [4.69, 9.17) is 11.6 Å². The average molecular weight is 813 g/mol. The Morgan fingerprint density at radius 1 is 0.864 bits per heavy atom. The first-order valence-corrected chi connectivity index (χ1v) is 20.4. The minimum absolute atomic E-state index is 0.149. The molecule has 5 aliphatic rings. The molecule has 3 aromatic rings. The zero-order valence-electron chi connectivity index (χ0n) is 32.7. The highest BCUT2D eigenvalue weighted by molar-refractivity contribution is 6.05. The minimum Gasteiger partial charge on any atom is -0.372 e. The van der Waals surface area contributed by atoms with E-state index in [-0.39, 0.29) is 36.6 Å². The fourth-order valence-corrected chi connectivity index (χ4v) is 8.97. The van der Waals surface area contributed by atoms with Crippen LogP contribution in [0.15, 0.2) is 48.7 Å². The number of amides is 4. The summed E-state index contributed by atoms with van der Waals surface area (Å²) in [5.74, 6) is 0.574. The van der Waals surface area contributed by atoms with Gasteiger partial charge in [0.15, 0.2) is 5.69 Å². The summed E-state index contributed by atoms with van der Waals surface area (Å²) in [6, 6.07) is 10.6. The molecule has 8 rings (SSSR count). The number of carbonyl (C=O) groups excluding carboxylic acids is 4. The minimum atomic E-state index is -4.61. The van der Waals surface area contributed by atoms with Gasteiger partial charge in [0.25, 0.3) is 5.91 Å². The Labute approximate surface area is 340 Å². The van der Waals surface area contributed by atoms with Crippen molar-refractivity contribution in [2.75, 3.05) is 78.9 Å². The van der Waals surface area contributed by atoms with E-state index >= 15 is 0 Å². The zero-order valence-corrected chi connectivity index (χ0v) is 32.7. The number of aromatic nitrogens is 2. The van der Waals surface area contributed by atoms with Crippen LogP contribution in [0.1, 0.15) is 66.6 Å². The van der Waals surface area contributed by atoms with Gasteiger partial charge < -0.3 is 24.9 Å². The van der Waals surface area contributed by atoms with Gasteiger partial charge in [0.1, 0.15) is 17.7 Å². The van der Waals surface area contributed by atoms with Gasteiger partial charge in [0.2, 0.25) is 17.7 Å². The number of carbonyl (C=O) groups is 4.